The van der Waals surface area contributed by atoms with Crippen molar-refractivity contribution >= 4 is 11.6 Å². The van der Waals surface area contributed by atoms with Gasteiger partial charge in [0, 0.05) is 24.2 Å². The van der Waals surface area contributed by atoms with Gasteiger partial charge in [-0.15, -0.1) is 0 Å². The van der Waals surface area contributed by atoms with Gasteiger partial charge in [-0.25, -0.2) is 0 Å². The molecule has 1 aliphatic carbocycles. The van der Waals surface area contributed by atoms with Crippen LogP contribution in [0.3, 0.4) is 0 Å². The van der Waals surface area contributed by atoms with Crippen LogP contribution in [0.5, 0.6) is 0 Å². The van der Waals surface area contributed by atoms with Crippen LogP contribution in [0.1, 0.15) is 31.2 Å². The molecule has 0 heterocycles. The number of halogens is 1. The van der Waals surface area contributed by atoms with E-state index in [9.17, 15) is 0 Å². The quantitative estimate of drug-likeness (QED) is 0.786. The fourth-order valence-corrected chi connectivity index (χ4v) is 2.40. The zero-order chi connectivity index (χ0) is 12.1. The molecule has 1 aromatic rings. The Morgan fingerprint density at radius 1 is 1.29 bits per heavy atom. The van der Waals surface area contributed by atoms with Gasteiger partial charge in [0.15, 0.2) is 0 Å². The molecule has 1 N–H and O–H groups in total. The average molecular weight is 254 g/mol. The Bertz CT molecular complexity index is 333. The van der Waals surface area contributed by atoms with E-state index in [0.29, 0.717) is 12.0 Å². The molecule has 1 saturated carbocycles. The summed E-state index contributed by atoms with van der Waals surface area (Å²) in [6.45, 7) is 4.62. The highest BCUT2D eigenvalue weighted by Gasteiger charge is 2.29. The fourth-order valence-electron chi connectivity index (χ4n) is 2.27. The molecule has 17 heavy (non-hydrogen) atoms. The summed E-state index contributed by atoms with van der Waals surface area (Å²) < 4.78 is 5.30. The van der Waals surface area contributed by atoms with Gasteiger partial charge in [-0.3, -0.25) is 0 Å². The third kappa shape index (κ3) is 3.70. The van der Waals surface area contributed by atoms with Crippen molar-refractivity contribution in [1.82, 2.24) is 5.32 Å². The van der Waals surface area contributed by atoms with Crippen molar-refractivity contribution in [3.05, 3.63) is 34.9 Å². The van der Waals surface area contributed by atoms with E-state index in [1.165, 1.54) is 18.4 Å². The summed E-state index contributed by atoms with van der Waals surface area (Å²) in [6.07, 6.45) is 2.46. The van der Waals surface area contributed by atoms with Gasteiger partial charge in [0.1, 0.15) is 0 Å². The number of benzene rings is 1. The Kier molecular flexibility index (Phi) is 4.84. The van der Waals surface area contributed by atoms with Crippen molar-refractivity contribution in [2.24, 2.45) is 0 Å². The van der Waals surface area contributed by atoms with Crippen molar-refractivity contribution in [2.75, 3.05) is 19.8 Å². The van der Waals surface area contributed by atoms with Crippen molar-refractivity contribution in [3.8, 4) is 0 Å². The Morgan fingerprint density at radius 2 is 2.00 bits per heavy atom. The second kappa shape index (κ2) is 6.39. The van der Waals surface area contributed by atoms with Gasteiger partial charge in [-0.05, 0) is 43.4 Å². The molecule has 0 radical (unpaired) electrons. The summed E-state index contributed by atoms with van der Waals surface area (Å²) in [5, 5.41) is 4.33. The first-order valence-electron chi connectivity index (χ1n) is 6.36. The molecule has 0 saturated heterocycles. The highest BCUT2D eigenvalue weighted by atomic mass is 35.5. The Balaban J connectivity index is 1.66. The first-order chi connectivity index (χ1) is 8.29. The van der Waals surface area contributed by atoms with E-state index in [1.54, 1.807) is 0 Å². The molecule has 1 aliphatic rings. The minimum atomic E-state index is 0.663. The van der Waals surface area contributed by atoms with Crippen LogP contribution < -0.4 is 5.32 Å². The third-order valence-electron chi connectivity index (χ3n) is 3.36. The van der Waals surface area contributed by atoms with Gasteiger partial charge < -0.3 is 10.1 Å². The fraction of sp³-hybridized carbons (Fsp3) is 0.571. The molecule has 3 heteroatoms. The van der Waals surface area contributed by atoms with Crippen LogP contribution in [0, 0.1) is 0 Å². The maximum atomic E-state index is 5.88. The normalized spacial score (nSPS) is 23.4. The highest BCUT2D eigenvalue weighted by molar-refractivity contribution is 6.30. The predicted octanol–water partition coefficient (Wildman–Crippen LogP) is 3.21. The summed E-state index contributed by atoms with van der Waals surface area (Å²) >= 11 is 5.88. The Labute approximate surface area is 108 Å². The van der Waals surface area contributed by atoms with Crippen molar-refractivity contribution in [3.63, 3.8) is 0 Å². The lowest BCUT2D eigenvalue weighted by Gasteiger charge is -2.36. The predicted molar refractivity (Wildman–Crippen MR) is 71.7 cm³/mol. The molecule has 0 atom stereocenters. The summed E-state index contributed by atoms with van der Waals surface area (Å²) in [5.41, 5.74) is 1.41. The molecule has 2 nitrogen and oxygen atoms in total. The van der Waals surface area contributed by atoms with Crippen molar-refractivity contribution in [2.45, 2.75) is 31.7 Å². The van der Waals surface area contributed by atoms with E-state index in [-0.39, 0.29) is 0 Å². The maximum absolute atomic E-state index is 5.88. The largest absolute Gasteiger partial charge is 0.380 e. The SMILES string of the molecule is CCOCCNC1CC(c2ccc(Cl)cc2)C1. The molecule has 1 aromatic carbocycles. The minimum Gasteiger partial charge on any atom is -0.380 e. The van der Waals surface area contributed by atoms with E-state index in [2.05, 4.69) is 17.4 Å². The topological polar surface area (TPSA) is 21.3 Å². The number of ether oxygens (including phenoxy) is 1. The maximum Gasteiger partial charge on any atom is 0.0590 e. The molecule has 0 bridgehead atoms. The van der Waals surface area contributed by atoms with Crippen LogP contribution in [0.4, 0.5) is 0 Å². The van der Waals surface area contributed by atoms with Crippen LogP contribution in [-0.2, 0) is 4.74 Å². The molecule has 0 aliphatic heterocycles. The molecule has 0 amide bonds. The van der Waals surface area contributed by atoms with Gasteiger partial charge in [-0.2, -0.15) is 0 Å². The number of rotatable bonds is 6. The Hall–Kier alpha value is -0.570. The minimum absolute atomic E-state index is 0.663. The van der Waals surface area contributed by atoms with Gasteiger partial charge in [-0.1, -0.05) is 23.7 Å². The molecule has 2 rings (SSSR count). The molecular weight excluding hydrogens is 234 g/mol. The summed E-state index contributed by atoms with van der Waals surface area (Å²) in [7, 11) is 0. The van der Waals surface area contributed by atoms with E-state index in [1.807, 2.05) is 19.1 Å². The molecule has 0 unspecified atom stereocenters. The van der Waals surface area contributed by atoms with E-state index < -0.39 is 0 Å². The monoisotopic (exact) mass is 253 g/mol. The molecule has 1 fully saturated rings. The Morgan fingerprint density at radius 3 is 2.65 bits per heavy atom. The standard InChI is InChI=1S/C14H20ClNO/c1-2-17-8-7-16-14-9-12(10-14)11-3-5-13(15)6-4-11/h3-6,12,14,16H,2,7-10H2,1H3. The zero-order valence-electron chi connectivity index (χ0n) is 10.3. The summed E-state index contributed by atoms with van der Waals surface area (Å²) in [6, 6.07) is 8.91. The zero-order valence-corrected chi connectivity index (χ0v) is 11.0. The molecule has 0 aromatic heterocycles. The number of hydrogen-bond acceptors (Lipinski definition) is 2. The van der Waals surface area contributed by atoms with E-state index in [4.69, 9.17) is 16.3 Å². The van der Waals surface area contributed by atoms with Crippen LogP contribution in [0.15, 0.2) is 24.3 Å². The van der Waals surface area contributed by atoms with Crippen LogP contribution in [0.25, 0.3) is 0 Å². The van der Waals surface area contributed by atoms with Crippen molar-refractivity contribution in [1.29, 1.82) is 0 Å². The second-order valence-electron chi connectivity index (χ2n) is 4.57. The highest BCUT2D eigenvalue weighted by Crippen LogP contribution is 2.37. The lowest BCUT2D eigenvalue weighted by atomic mass is 9.76. The van der Waals surface area contributed by atoms with Gasteiger partial charge >= 0.3 is 0 Å². The first kappa shape index (κ1) is 12.9. The van der Waals surface area contributed by atoms with Gasteiger partial charge in [0.25, 0.3) is 0 Å². The van der Waals surface area contributed by atoms with Gasteiger partial charge in [0.05, 0.1) is 6.61 Å². The van der Waals surface area contributed by atoms with Gasteiger partial charge in [0.2, 0.25) is 0 Å². The summed E-state index contributed by atoms with van der Waals surface area (Å²) in [4.78, 5) is 0. The van der Waals surface area contributed by atoms with E-state index in [0.717, 1.165) is 24.8 Å². The molecule has 94 valence electrons. The smallest absolute Gasteiger partial charge is 0.0590 e. The average Bonchev–Trinajstić information content (AvgIpc) is 2.28. The van der Waals surface area contributed by atoms with Crippen molar-refractivity contribution < 1.29 is 4.74 Å². The molecule has 0 spiro atoms. The number of nitrogens with one attached hydrogen (secondary N) is 1. The first-order valence-corrected chi connectivity index (χ1v) is 6.74. The van der Waals surface area contributed by atoms with Crippen LogP contribution >= 0.6 is 11.6 Å². The lowest BCUT2D eigenvalue weighted by Crippen LogP contribution is -2.41. The van der Waals surface area contributed by atoms with Crippen LogP contribution in [-0.4, -0.2) is 25.8 Å². The molecular formula is C14H20ClNO. The lowest BCUT2D eigenvalue weighted by molar-refractivity contribution is 0.141. The third-order valence-corrected chi connectivity index (χ3v) is 3.61. The van der Waals surface area contributed by atoms with E-state index >= 15 is 0 Å². The summed E-state index contributed by atoms with van der Waals surface area (Å²) in [5.74, 6) is 0.705. The number of hydrogen-bond donors (Lipinski definition) is 1. The van der Waals surface area contributed by atoms with Crippen LogP contribution in [0.2, 0.25) is 5.02 Å². The second-order valence-corrected chi connectivity index (χ2v) is 5.00.